The molecule has 0 unspecified atom stereocenters. The van der Waals surface area contributed by atoms with Gasteiger partial charge in [0.25, 0.3) is 0 Å². The van der Waals surface area contributed by atoms with E-state index in [1.165, 1.54) is 19.3 Å². The van der Waals surface area contributed by atoms with E-state index < -0.39 is 0 Å². The molecule has 4 saturated carbocycles. The molecule has 4 nitrogen and oxygen atoms in total. The van der Waals surface area contributed by atoms with Crippen LogP contribution >= 0.6 is 11.6 Å². The van der Waals surface area contributed by atoms with Gasteiger partial charge in [-0.2, -0.15) is 0 Å². The number of rotatable bonds is 5. The summed E-state index contributed by atoms with van der Waals surface area (Å²) >= 11 is 5.94. The lowest BCUT2D eigenvalue weighted by atomic mass is 9.49. The number of amides is 1. The molecule has 0 atom stereocenters. The minimum atomic E-state index is -0.0583. The molecule has 0 spiro atoms. The van der Waals surface area contributed by atoms with Crippen LogP contribution in [0.4, 0.5) is 0 Å². The number of aromatic amines is 1. The lowest BCUT2D eigenvalue weighted by Gasteiger charge is -2.55. The van der Waals surface area contributed by atoms with Crippen molar-refractivity contribution in [3.05, 3.63) is 41.2 Å². The van der Waals surface area contributed by atoms with Gasteiger partial charge >= 0.3 is 0 Å². The van der Waals surface area contributed by atoms with Gasteiger partial charge in [0.1, 0.15) is 5.82 Å². The molecular weight excluding hydrogens is 358 g/mol. The second-order valence-electron chi connectivity index (χ2n) is 8.97. The Labute approximate surface area is 165 Å². The van der Waals surface area contributed by atoms with Gasteiger partial charge in [-0.3, -0.25) is 4.79 Å². The number of imidazole rings is 1. The van der Waals surface area contributed by atoms with Crippen LogP contribution in [0.5, 0.6) is 0 Å². The fraction of sp³-hybridized carbons (Fsp3) is 0.545. The summed E-state index contributed by atoms with van der Waals surface area (Å²) in [5.74, 6) is 3.55. The van der Waals surface area contributed by atoms with Crippen LogP contribution in [-0.2, 0) is 11.2 Å². The molecule has 4 fully saturated rings. The summed E-state index contributed by atoms with van der Waals surface area (Å²) in [6.07, 6.45) is 10.1. The normalized spacial score (nSPS) is 31.2. The average Bonchev–Trinajstić information content (AvgIpc) is 3.10. The molecule has 1 heterocycles. The lowest BCUT2D eigenvalue weighted by Crippen LogP contribution is -2.53. The van der Waals surface area contributed by atoms with Gasteiger partial charge in [-0.05, 0) is 80.5 Å². The number of H-pyrrole nitrogens is 1. The van der Waals surface area contributed by atoms with Crippen molar-refractivity contribution >= 4 is 17.5 Å². The lowest BCUT2D eigenvalue weighted by molar-refractivity contribution is -0.146. The molecule has 5 heteroatoms. The maximum Gasteiger partial charge on any atom is 0.226 e. The second-order valence-corrected chi connectivity index (χ2v) is 9.40. The van der Waals surface area contributed by atoms with Crippen molar-refractivity contribution in [2.45, 2.75) is 44.9 Å². The smallest absolute Gasteiger partial charge is 0.226 e. The summed E-state index contributed by atoms with van der Waals surface area (Å²) in [6, 6.07) is 7.65. The Bertz CT molecular complexity index is 806. The number of carbonyl (C=O) groups is 1. The highest BCUT2D eigenvalue weighted by molar-refractivity contribution is 6.30. The van der Waals surface area contributed by atoms with Crippen LogP contribution in [-0.4, -0.2) is 22.4 Å². The fourth-order valence-corrected chi connectivity index (χ4v) is 6.25. The minimum absolute atomic E-state index is 0.0583. The Balaban J connectivity index is 1.18. The number of nitrogens with zero attached hydrogens (tertiary/aromatic N) is 1. The topological polar surface area (TPSA) is 57.8 Å². The zero-order valence-electron chi connectivity index (χ0n) is 15.5. The first-order valence-electron chi connectivity index (χ1n) is 10.2. The Morgan fingerprint density at radius 3 is 2.37 bits per heavy atom. The average molecular weight is 384 g/mol. The van der Waals surface area contributed by atoms with Gasteiger partial charge in [-0.15, -0.1) is 0 Å². The monoisotopic (exact) mass is 383 g/mol. The predicted molar refractivity (Wildman–Crippen MR) is 106 cm³/mol. The van der Waals surface area contributed by atoms with Crippen molar-refractivity contribution in [3.8, 4) is 11.4 Å². The van der Waals surface area contributed by atoms with E-state index in [2.05, 4.69) is 15.3 Å². The first-order chi connectivity index (χ1) is 13.1. The molecule has 0 aliphatic heterocycles. The molecule has 0 saturated heterocycles. The van der Waals surface area contributed by atoms with Crippen LogP contribution in [0.1, 0.15) is 44.2 Å². The van der Waals surface area contributed by atoms with Gasteiger partial charge in [0.15, 0.2) is 0 Å². The summed E-state index contributed by atoms with van der Waals surface area (Å²) in [5, 5.41) is 3.96. The summed E-state index contributed by atoms with van der Waals surface area (Å²) < 4.78 is 0. The van der Waals surface area contributed by atoms with E-state index in [0.717, 1.165) is 65.5 Å². The zero-order valence-corrected chi connectivity index (χ0v) is 16.3. The highest BCUT2D eigenvalue weighted by Gasteiger charge is 2.54. The molecule has 1 aromatic carbocycles. The van der Waals surface area contributed by atoms with Gasteiger partial charge in [-0.25, -0.2) is 4.98 Å². The van der Waals surface area contributed by atoms with Crippen molar-refractivity contribution < 1.29 is 4.79 Å². The van der Waals surface area contributed by atoms with Crippen LogP contribution in [0.25, 0.3) is 11.4 Å². The van der Waals surface area contributed by atoms with Gasteiger partial charge in [0.05, 0.1) is 0 Å². The summed E-state index contributed by atoms with van der Waals surface area (Å²) in [7, 11) is 0. The third kappa shape index (κ3) is 3.29. The highest BCUT2D eigenvalue weighted by atomic mass is 35.5. The molecule has 2 N–H and O–H groups in total. The largest absolute Gasteiger partial charge is 0.355 e. The Morgan fingerprint density at radius 2 is 1.74 bits per heavy atom. The quantitative estimate of drug-likeness (QED) is 0.792. The van der Waals surface area contributed by atoms with E-state index in [4.69, 9.17) is 11.6 Å². The molecule has 2 aromatic rings. The zero-order chi connectivity index (χ0) is 18.4. The van der Waals surface area contributed by atoms with Crippen LogP contribution in [0, 0.1) is 23.2 Å². The van der Waals surface area contributed by atoms with Crippen molar-refractivity contribution in [2.75, 3.05) is 6.54 Å². The highest BCUT2D eigenvalue weighted by Crippen LogP contribution is 2.60. The number of aromatic nitrogens is 2. The van der Waals surface area contributed by atoms with Crippen molar-refractivity contribution in [2.24, 2.45) is 23.2 Å². The van der Waals surface area contributed by atoms with E-state index in [1.807, 2.05) is 30.5 Å². The van der Waals surface area contributed by atoms with Crippen LogP contribution in [0.3, 0.4) is 0 Å². The molecular formula is C22H26ClN3O. The first-order valence-corrected chi connectivity index (χ1v) is 10.6. The molecule has 4 aliphatic carbocycles. The van der Waals surface area contributed by atoms with Gasteiger partial charge in [-0.1, -0.05) is 11.6 Å². The standard InChI is InChI=1S/C22H26ClN3O/c23-18-3-1-17(2-4-18)20-25-13-19(26-20)5-6-24-21(27)22-10-14-7-15(11-22)9-16(8-14)12-22/h1-4,13-16H,5-12H2,(H,24,27)(H,25,26). The number of nitrogens with one attached hydrogen (secondary N) is 2. The Morgan fingerprint density at radius 1 is 1.11 bits per heavy atom. The summed E-state index contributed by atoms with van der Waals surface area (Å²) in [4.78, 5) is 20.8. The van der Waals surface area contributed by atoms with Crippen molar-refractivity contribution in [1.82, 2.24) is 15.3 Å². The molecule has 4 bridgehead atoms. The van der Waals surface area contributed by atoms with E-state index in [-0.39, 0.29) is 5.41 Å². The minimum Gasteiger partial charge on any atom is -0.355 e. The maximum absolute atomic E-state index is 13.0. The van der Waals surface area contributed by atoms with Crippen molar-refractivity contribution in [1.29, 1.82) is 0 Å². The molecule has 1 amide bonds. The number of hydrogen-bond acceptors (Lipinski definition) is 2. The Hall–Kier alpha value is -1.81. The second kappa shape index (κ2) is 6.66. The fourth-order valence-electron chi connectivity index (χ4n) is 6.13. The maximum atomic E-state index is 13.0. The third-order valence-corrected chi connectivity index (χ3v) is 7.20. The van der Waals surface area contributed by atoms with Crippen LogP contribution in [0.2, 0.25) is 5.02 Å². The van der Waals surface area contributed by atoms with E-state index in [1.54, 1.807) is 0 Å². The Kier molecular flexibility index (Phi) is 4.27. The van der Waals surface area contributed by atoms with Crippen LogP contribution < -0.4 is 5.32 Å². The number of benzene rings is 1. The van der Waals surface area contributed by atoms with E-state index >= 15 is 0 Å². The number of carbonyl (C=O) groups excluding carboxylic acids is 1. The first kappa shape index (κ1) is 17.3. The van der Waals surface area contributed by atoms with Gasteiger partial charge in [0.2, 0.25) is 5.91 Å². The molecule has 1 aromatic heterocycles. The molecule has 0 radical (unpaired) electrons. The van der Waals surface area contributed by atoms with E-state index in [9.17, 15) is 4.79 Å². The van der Waals surface area contributed by atoms with Gasteiger partial charge in [0, 0.05) is 40.9 Å². The van der Waals surface area contributed by atoms with Gasteiger partial charge < -0.3 is 10.3 Å². The third-order valence-electron chi connectivity index (χ3n) is 6.95. The summed E-state index contributed by atoms with van der Waals surface area (Å²) in [5.41, 5.74) is 2.01. The SMILES string of the molecule is O=C(NCCc1cnc(-c2ccc(Cl)cc2)[nH]1)C12CC3CC(CC(C3)C1)C2. The summed E-state index contributed by atoms with van der Waals surface area (Å²) in [6.45, 7) is 0.669. The van der Waals surface area contributed by atoms with E-state index in [0.29, 0.717) is 12.5 Å². The number of hydrogen-bond donors (Lipinski definition) is 2. The molecule has 142 valence electrons. The molecule has 6 rings (SSSR count). The molecule has 4 aliphatic rings. The number of halogens is 1. The predicted octanol–water partition coefficient (Wildman–Crippen LogP) is 4.61. The van der Waals surface area contributed by atoms with Crippen molar-refractivity contribution in [3.63, 3.8) is 0 Å². The van der Waals surface area contributed by atoms with Crippen LogP contribution in [0.15, 0.2) is 30.5 Å². The molecule has 27 heavy (non-hydrogen) atoms.